The summed E-state index contributed by atoms with van der Waals surface area (Å²) in [5, 5.41) is 6.16. The maximum atomic E-state index is 12.2. The predicted octanol–water partition coefficient (Wildman–Crippen LogP) is 0.277. The van der Waals surface area contributed by atoms with Gasteiger partial charge in [0.05, 0.1) is 12.3 Å². The Bertz CT molecular complexity index is 1060. The van der Waals surface area contributed by atoms with E-state index < -0.39 is 11.2 Å². The molecule has 0 atom stereocenters. The van der Waals surface area contributed by atoms with Crippen molar-refractivity contribution >= 4 is 22.8 Å². The molecule has 2 aromatic heterocycles. The topological polar surface area (TPSA) is 88.3 Å². The van der Waals surface area contributed by atoms with Gasteiger partial charge in [-0.15, -0.1) is 0 Å². The second-order valence-electron chi connectivity index (χ2n) is 5.42. The Morgan fingerprint density at radius 1 is 1.13 bits per heavy atom. The summed E-state index contributed by atoms with van der Waals surface area (Å²) in [4.78, 5) is 30.7. The minimum Gasteiger partial charge on any atom is -0.297 e. The summed E-state index contributed by atoms with van der Waals surface area (Å²) in [5.74, 6) is 0.534. The van der Waals surface area contributed by atoms with Gasteiger partial charge in [0.25, 0.3) is 5.56 Å². The maximum absolute atomic E-state index is 12.2. The number of rotatable bonds is 1. The van der Waals surface area contributed by atoms with E-state index >= 15 is 0 Å². The first-order valence-corrected chi connectivity index (χ1v) is 7.12. The molecule has 0 spiro atoms. The predicted molar refractivity (Wildman–Crippen MR) is 87.0 cm³/mol. The van der Waals surface area contributed by atoms with E-state index in [4.69, 9.17) is 0 Å². The smallest absolute Gasteiger partial charge is 0.297 e. The van der Waals surface area contributed by atoms with E-state index in [0.29, 0.717) is 23.7 Å². The Labute approximate surface area is 130 Å². The van der Waals surface area contributed by atoms with Crippen LogP contribution in [-0.2, 0) is 13.6 Å². The van der Waals surface area contributed by atoms with Gasteiger partial charge >= 0.3 is 5.69 Å². The van der Waals surface area contributed by atoms with Gasteiger partial charge in [-0.3, -0.25) is 18.9 Å². The molecule has 4 rings (SSSR count). The number of fused-ring (bicyclic) bond motifs is 3. The van der Waals surface area contributed by atoms with Crippen LogP contribution in [0.1, 0.15) is 5.56 Å². The summed E-state index contributed by atoms with van der Waals surface area (Å²) in [5.41, 5.74) is 1.61. The Balaban J connectivity index is 1.96. The molecule has 0 saturated heterocycles. The number of hydrazone groups is 1. The lowest BCUT2D eigenvalue weighted by atomic mass is 10.1. The number of aromatic nitrogens is 4. The van der Waals surface area contributed by atoms with E-state index in [1.165, 1.54) is 4.57 Å². The molecular weight excluding hydrogens is 296 g/mol. The number of hydrogen-bond acceptors (Lipinski definition) is 5. The fourth-order valence-electron chi connectivity index (χ4n) is 2.81. The Morgan fingerprint density at radius 2 is 1.87 bits per heavy atom. The average Bonchev–Trinajstić information content (AvgIpc) is 2.94. The number of benzene rings is 1. The van der Waals surface area contributed by atoms with Crippen LogP contribution in [0.4, 0.5) is 5.95 Å². The number of nitrogens with one attached hydrogen (secondary N) is 1. The van der Waals surface area contributed by atoms with E-state index in [2.05, 4.69) is 15.1 Å². The summed E-state index contributed by atoms with van der Waals surface area (Å²) in [7, 11) is 3.35. The molecule has 1 N–H and O–H groups in total. The molecule has 0 aliphatic carbocycles. The van der Waals surface area contributed by atoms with E-state index in [1.807, 2.05) is 30.3 Å². The number of imidazole rings is 1. The third-order valence-corrected chi connectivity index (χ3v) is 3.96. The molecule has 0 bridgehead atoms. The monoisotopic (exact) mass is 310 g/mol. The number of H-pyrrole nitrogens is 1. The van der Waals surface area contributed by atoms with Gasteiger partial charge in [-0.2, -0.15) is 10.1 Å². The molecule has 1 aliphatic rings. The Morgan fingerprint density at radius 3 is 2.61 bits per heavy atom. The van der Waals surface area contributed by atoms with Crippen LogP contribution in [0.15, 0.2) is 45.0 Å². The summed E-state index contributed by atoms with van der Waals surface area (Å²) in [6.07, 6.45) is 0. The minimum atomic E-state index is -0.482. The number of nitrogens with zero attached hydrogens (tertiary/aromatic N) is 5. The lowest BCUT2D eigenvalue weighted by Crippen LogP contribution is -2.31. The van der Waals surface area contributed by atoms with Crippen molar-refractivity contribution in [3.63, 3.8) is 0 Å². The quantitative estimate of drug-likeness (QED) is 0.699. The van der Waals surface area contributed by atoms with E-state index in [9.17, 15) is 9.59 Å². The molecule has 1 aromatic carbocycles. The van der Waals surface area contributed by atoms with E-state index in [1.54, 1.807) is 23.7 Å². The van der Waals surface area contributed by atoms with Crippen LogP contribution in [0.25, 0.3) is 11.2 Å². The molecule has 116 valence electrons. The van der Waals surface area contributed by atoms with Crippen molar-refractivity contribution < 1.29 is 0 Å². The molecule has 0 unspecified atom stereocenters. The lowest BCUT2D eigenvalue weighted by Gasteiger charge is -2.22. The Kier molecular flexibility index (Phi) is 2.74. The molecule has 0 saturated carbocycles. The van der Waals surface area contributed by atoms with Gasteiger partial charge in [-0.25, -0.2) is 9.80 Å². The standard InChI is InChI=1S/C15H14N6O2/c1-19-12-11(13(22)17-15(19)23)21-8-10(9-6-4-3-5-7-9)18-20(2)14(21)16-12/h3-7H,8H2,1-2H3,(H,17,22,23). The highest BCUT2D eigenvalue weighted by Crippen LogP contribution is 2.23. The highest BCUT2D eigenvalue weighted by Gasteiger charge is 2.24. The van der Waals surface area contributed by atoms with E-state index in [0.717, 1.165) is 11.3 Å². The number of anilines is 1. The van der Waals surface area contributed by atoms with Gasteiger partial charge in [0.1, 0.15) is 0 Å². The van der Waals surface area contributed by atoms with Crippen molar-refractivity contribution in [1.82, 2.24) is 19.1 Å². The Hall–Kier alpha value is -3.16. The molecule has 3 heterocycles. The second-order valence-corrected chi connectivity index (χ2v) is 5.42. The fraction of sp³-hybridized carbons (Fsp3) is 0.200. The van der Waals surface area contributed by atoms with Crippen molar-refractivity contribution in [2.45, 2.75) is 6.54 Å². The highest BCUT2D eigenvalue weighted by molar-refractivity contribution is 6.02. The molecule has 8 nitrogen and oxygen atoms in total. The molecular formula is C15H14N6O2. The third kappa shape index (κ3) is 1.91. The number of aromatic amines is 1. The number of aryl methyl sites for hydroxylation is 1. The normalized spacial score (nSPS) is 14.0. The van der Waals surface area contributed by atoms with Crippen LogP contribution in [0.3, 0.4) is 0 Å². The zero-order chi connectivity index (χ0) is 16.1. The van der Waals surface area contributed by atoms with Crippen LogP contribution in [0.5, 0.6) is 0 Å². The summed E-state index contributed by atoms with van der Waals surface area (Å²) in [6, 6.07) is 9.76. The first-order chi connectivity index (χ1) is 11.1. The van der Waals surface area contributed by atoms with Crippen LogP contribution in [0, 0.1) is 0 Å². The largest absolute Gasteiger partial charge is 0.329 e. The SMILES string of the molecule is CN1N=C(c2ccccc2)Cn2c1nc1c2c(=O)[nH]c(=O)n1C. The summed E-state index contributed by atoms with van der Waals surface area (Å²) >= 11 is 0. The molecule has 8 heteroatoms. The molecule has 0 radical (unpaired) electrons. The van der Waals surface area contributed by atoms with Crippen molar-refractivity contribution in [2.24, 2.45) is 12.1 Å². The van der Waals surface area contributed by atoms with Crippen LogP contribution >= 0.6 is 0 Å². The van der Waals surface area contributed by atoms with Crippen LogP contribution < -0.4 is 16.3 Å². The zero-order valence-electron chi connectivity index (χ0n) is 12.6. The highest BCUT2D eigenvalue weighted by atomic mass is 16.2. The van der Waals surface area contributed by atoms with Gasteiger partial charge in [0, 0.05) is 14.1 Å². The first-order valence-electron chi connectivity index (χ1n) is 7.12. The molecule has 1 aliphatic heterocycles. The van der Waals surface area contributed by atoms with Gasteiger partial charge in [0.2, 0.25) is 5.95 Å². The van der Waals surface area contributed by atoms with E-state index in [-0.39, 0.29) is 0 Å². The maximum Gasteiger partial charge on any atom is 0.329 e. The van der Waals surface area contributed by atoms with Gasteiger partial charge < -0.3 is 0 Å². The van der Waals surface area contributed by atoms with Crippen molar-refractivity contribution in [3.8, 4) is 0 Å². The third-order valence-electron chi connectivity index (χ3n) is 3.96. The molecule has 23 heavy (non-hydrogen) atoms. The van der Waals surface area contributed by atoms with Crippen molar-refractivity contribution in [1.29, 1.82) is 0 Å². The van der Waals surface area contributed by atoms with Crippen LogP contribution in [0.2, 0.25) is 0 Å². The fourth-order valence-corrected chi connectivity index (χ4v) is 2.81. The summed E-state index contributed by atoms with van der Waals surface area (Å²) < 4.78 is 3.11. The van der Waals surface area contributed by atoms with Gasteiger partial charge in [-0.05, 0) is 5.56 Å². The average molecular weight is 310 g/mol. The minimum absolute atomic E-state index is 0.352. The first kappa shape index (κ1) is 13.5. The second kappa shape index (κ2) is 4.67. The number of hydrogen-bond donors (Lipinski definition) is 1. The molecule has 3 aromatic rings. The van der Waals surface area contributed by atoms with Crippen LogP contribution in [-0.4, -0.2) is 31.9 Å². The lowest BCUT2D eigenvalue weighted by molar-refractivity contribution is 0.776. The van der Waals surface area contributed by atoms with Crippen molar-refractivity contribution in [3.05, 3.63) is 56.7 Å². The summed E-state index contributed by atoms with van der Waals surface area (Å²) in [6.45, 7) is 0.418. The zero-order valence-corrected chi connectivity index (χ0v) is 12.6. The van der Waals surface area contributed by atoms with Gasteiger partial charge in [0.15, 0.2) is 11.2 Å². The molecule has 0 fully saturated rings. The van der Waals surface area contributed by atoms with Gasteiger partial charge in [-0.1, -0.05) is 30.3 Å². The molecule has 0 amide bonds. The van der Waals surface area contributed by atoms with Crippen molar-refractivity contribution in [2.75, 3.05) is 12.1 Å².